The lowest BCUT2D eigenvalue weighted by Crippen LogP contribution is -2.32. The minimum atomic E-state index is -0.999. The van der Waals surface area contributed by atoms with Crippen LogP contribution in [0.1, 0.15) is 24.9 Å². The van der Waals surface area contributed by atoms with Gasteiger partial charge in [-0.1, -0.05) is 0 Å². The molecule has 0 bridgehead atoms. The fourth-order valence-corrected chi connectivity index (χ4v) is 2.24. The number of hydrogen-bond donors (Lipinski definition) is 1. The molecular formula is C14H15F2NO3. The van der Waals surface area contributed by atoms with E-state index in [2.05, 4.69) is 0 Å². The first-order valence-electron chi connectivity index (χ1n) is 6.27. The number of carbonyl (C=O) groups excluding carboxylic acids is 1. The molecule has 0 aliphatic heterocycles. The van der Waals surface area contributed by atoms with Crippen molar-refractivity contribution >= 4 is 11.9 Å². The first-order valence-corrected chi connectivity index (χ1v) is 6.27. The van der Waals surface area contributed by atoms with Gasteiger partial charge in [0.2, 0.25) is 5.91 Å². The molecule has 1 aliphatic carbocycles. The molecule has 1 N–H and O–H groups in total. The molecule has 2 rings (SSSR count). The highest BCUT2D eigenvalue weighted by Crippen LogP contribution is 2.41. The standard InChI is InChI=1S/C14H15F2NO3/c1-7(9-5-8(15)3-4-12(9)16)17(2)13(18)10-6-11(10)14(19)20/h3-5,7,10-11H,6H2,1-2H3,(H,19,20)/t7-,10+,11-/m1/s1. The van der Waals surface area contributed by atoms with Crippen molar-refractivity contribution in [2.45, 2.75) is 19.4 Å². The lowest BCUT2D eigenvalue weighted by atomic mass is 10.1. The predicted molar refractivity (Wildman–Crippen MR) is 66.8 cm³/mol. The fourth-order valence-electron chi connectivity index (χ4n) is 2.24. The number of carbonyl (C=O) groups is 2. The Morgan fingerprint density at radius 2 is 2.00 bits per heavy atom. The maximum atomic E-state index is 13.7. The Hall–Kier alpha value is -1.98. The highest BCUT2D eigenvalue weighted by molar-refractivity contribution is 5.89. The van der Waals surface area contributed by atoms with Crippen molar-refractivity contribution in [3.8, 4) is 0 Å². The summed E-state index contributed by atoms with van der Waals surface area (Å²) in [5.74, 6) is -3.74. The number of carboxylic acids is 1. The van der Waals surface area contributed by atoms with Crippen LogP contribution < -0.4 is 0 Å². The zero-order valence-corrected chi connectivity index (χ0v) is 11.1. The molecule has 0 heterocycles. The lowest BCUT2D eigenvalue weighted by molar-refractivity contribution is -0.142. The van der Waals surface area contributed by atoms with Gasteiger partial charge in [0.25, 0.3) is 0 Å². The Kier molecular flexibility index (Phi) is 3.74. The van der Waals surface area contributed by atoms with Crippen molar-refractivity contribution in [2.75, 3.05) is 7.05 Å². The minimum Gasteiger partial charge on any atom is -0.481 e. The van der Waals surface area contributed by atoms with Crippen LogP contribution in [0.25, 0.3) is 0 Å². The van der Waals surface area contributed by atoms with Gasteiger partial charge >= 0.3 is 5.97 Å². The van der Waals surface area contributed by atoms with Crippen molar-refractivity contribution in [3.63, 3.8) is 0 Å². The summed E-state index contributed by atoms with van der Waals surface area (Å²) >= 11 is 0. The van der Waals surface area contributed by atoms with Crippen LogP contribution in [-0.4, -0.2) is 28.9 Å². The molecule has 6 heteroatoms. The van der Waals surface area contributed by atoms with Crippen molar-refractivity contribution in [3.05, 3.63) is 35.4 Å². The van der Waals surface area contributed by atoms with Crippen LogP contribution in [0.15, 0.2) is 18.2 Å². The minimum absolute atomic E-state index is 0.0772. The number of halogens is 2. The summed E-state index contributed by atoms with van der Waals surface area (Å²) in [6.07, 6.45) is 0.302. The second kappa shape index (κ2) is 5.19. The van der Waals surface area contributed by atoms with Crippen LogP contribution in [0.2, 0.25) is 0 Å². The van der Waals surface area contributed by atoms with Crippen molar-refractivity contribution in [2.24, 2.45) is 11.8 Å². The number of aliphatic carboxylic acids is 1. The molecule has 1 aliphatic rings. The first kappa shape index (κ1) is 14.4. The van der Waals surface area contributed by atoms with Gasteiger partial charge in [0.15, 0.2) is 0 Å². The Morgan fingerprint density at radius 3 is 2.55 bits per heavy atom. The number of hydrogen-bond acceptors (Lipinski definition) is 2. The van der Waals surface area contributed by atoms with Gasteiger partial charge in [-0.15, -0.1) is 0 Å². The number of rotatable bonds is 4. The molecule has 108 valence electrons. The maximum Gasteiger partial charge on any atom is 0.307 e. The zero-order valence-electron chi connectivity index (χ0n) is 11.1. The molecule has 1 saturated carbocycles. The molecule has 1 aromatic rings. The van der Waals surface area contributed by atoms with E-state index in [1.807, 2.05) is 0 Å². The molecule has 4 nitrogen and oxygen atoms in total. The molecule has 3 atom stereocenters. The highest BCUT2D eigenvalue weighted by Gasteiger charge is 2.49. The molecule has 0 unspecified atom stereocenters. The van der Waals surface area contributed by atoms with Crippen LogP contribution in [0.5, 0.6) is 0 Å². The Balaban J connectivity index is 2.13. The third-order valence-electron chi connectivity index (χ3n) is 3.76. The first-order chi connectivity index (χ1) is 9.32. The van der Waals surface area contributed by atoms with Crippen molar-refractivity contribution < 1.29 is 23.5 Å². The second-order valence-electron chi connectivity index (χ2n) is 5.08. The van der Waals surface area contributed by atoms with E-state index in [0.717, 1.165) is 18.2 Å². The zero-order chi connectivity index (χ0) is 15.0. The number of amides is 1. The van der Waals surface area contributed by atoms with Crippen LogP contribution in [-0.2, 0) is 9.59 Å². The van der Waals surface area contributed by atoms with Crippen molar-refractivity contribution in [1.82, 2.24) is 4.90 Å². The summed E-state index contributed by atoms with van der Waals surface area (Å²) in [6.45, 7) is 1.58. The summed E-state index contributed by atoms with van der Waals surface area (Å²) in [5, 5.41) is 8.81. The van der Waals surface area contributed by atoms with Crippen LogP contribution >= 0.6 is 0 Å². The number of nitrogens with zero attached hydrogens (tertiary/aromatic N) is 1. The molecular weight excluding hydrogens is 268 g/mol. The summed E-state index contributed by atoms with van der Waals surface area (Å²) in [6, 6.07) is 2.41. The lowest BCUT2D eigenvalue weighted by Gasteiger charge is -2.26. The van der Waals surface area contributed by atoms with Crippen LogP contribution in [0.4, 0.5) is 8.78 Å². The second-order valence-corrected chi connectivity index (χ2v) is 5.08. The van der Waals surface area contributed by atoms with Gasteiger partial charge < -0.3 is 10.0 Å². The quantitative estimate of drug-likeness (QED) is 0.921. The molecule has 0 saturated heterocycles. The normalized spacial score (nSPS) is 22.2. The van der Waals surface area contributed by atoms with Gasteiger partial charge in [-0.05, 0) is 31.5 Å². The largest absolute Gasteiger partial charge is 0.481 e. The third-order valence-corrected chi connectivity index (χ3v) is 3.76. The number of benzene rings is 1. The third kappa shape index (κ3) is 2.64. The summed E-state index contributed by atoms with van der Waals surface area (Å²) in [5.41, 5.74) is 0.0772. The van der Waals surface area contributed by atoms with Crippen molar-refractivity contribution in [1.29, 1.82) is 0 Å². The maximum absolute atomic E-state index is 13.7. The molecule has 0 spiro atoms. The Labute approximate surface area is 115 Å². The van der Waals surface area contributed by atoms with E-state index in [1.165, 1.54) is 11.9 Å². The van der Waals surface area contributed by atoms with E-state index >= 15 is 0 Å². The molecule has 0 aromatic heterocycles. The summed E-state index contributed by atoms with van der Waals surface area (Å²) < 4.78 is 26.8. The highest BCUT2D eigenvalue weighted by atomic mass is 19.1. The van der Waals surface area contributed by atoms with Gasteiger partial charge in [-0.2, -0.15) is 0 Å². The van der Waals surface area contributed by atoms with Gasteiger partial charge in [0.05, 0.1) is 17.9 Å². The van der Waals surface area contributed by atoms with E-state index in [4.69, 9.17) is 5.11 Å². The van der Waals surface area contributed by atoms with E-state index in [0.29, 0.717) is 6.42 Å². The van der Waals surface area contributed by atoms with Gasteiger partial charge in [-0.25, -0.2) is 8.78 Å². The van der Waals surface area contributed by atoms with Gasteiger partial charge in [0, 0.05) is 12.6 Å². The van der Waals surface area contributed by atoms with Gasteiger partial charge in [0.1, 0.15) is 11.6 Å². The summed E-state index contributed by atoms with van der Waals surface area (Å²) in [4.78, 5) is 24.1. The van der Waals surface area contributed by atoms with Gasteiger partial charge in [-0.3, -0.25) is 9.59 Å². The Morgan fingerprint density at radius 1 is 1.35 bits per heavy atom. The smallest absolute Gasteiger partial charge is 0.307 e. The monoisotopic (exact) mass is 283 g/mol. The molecule has 20 heavy (non-hydrogen) atoms. The Bertz CT molecular complexity index is 561. The SMILES string of the molecule is C[C@H](c1cc(F)ccc1F)N(C)C(=O)[C@H]1C[C@H]1C(=O)O. The number of carboxylic acid groups (broad SMARTS) is 1. The van der Waals surface area contributed by atoms with E-state index < -0.39 is 35.5 Å². The fraction of sp³-hybridized carbons (Fsp3) is 0.429. The predicted octanol–water partition coefficient (Wildman–Crippen LogP) is 2.20. The molecule has 1 fully saturated rings. The van der Waals surface area contributed by atoms with Crippen LogP contribution in [0.3, 0.4) is 0 Å². The van der Waals surface area contributed by atoms with Crippen LogP contribution in [0, 0.1) is 23.5 Å². The van der Waals surface area contributed by atoms with E-state index in [1.54, 1.807) is 6.92 Å². The average Bonchev–Trinajstić information content (AvgIpc) is 3.19. The average molecular weight is 283 g/mol. The molecule has 1 amide bonds. The van der Waals surface area contributed by atoms with E-state index in [9.17, 15) is 18.4 Å². The summed E-state index contributed by atoms with van der Waals surface area (Å²) in [7, 11) is 1.47. The van der Waals surface area contributed by atoms with E-state index in [-0.39, 0.29) is 11.5 Å². The molecule has 1 aromatic carbocycles. The topological polar surface area (TPSA) is 57.6 Å². The molecule has 0 radical (unpaired) electrons.